The number of carbonyl (C=O) groups excluding carboxylic acids is 3. The Morgan fingerprint density at radius 3 is 2.48 bits per heavy atom. The van der Waals surface area contributed by atoms with Crippen molar-refractivity contribution in [2.75, 3.05) is 20.8 Å². The summed E-state index contributed by atoms with van der Waals surface area (Å²) in [5.74, 6) is 0.571. The lowest BCUT2D eigenvalue weighted by Gasteiger charge is -2.28. The molecule has 2 aliphatic rings. The lowest BCUT2D eigenvalue weighted by atomic mass is 10.1. The average Bonchev–Trinajstić information content (AvgIpc) is 3.31. The van der Waals surface area contributed by atoms with Crippen LogP contribution in [0.2, 0.25) is 0 Å². The molecule has 1 aliphatic heterocycles. The van der Waals surface area contributed by atoms with Gasteiger partial charge in [-0.3, -0.25) is 9.69 Å². The van der Waals surface area contributed by atoms with Crippen molar-refractivity contribution in [3.63, 3.8) is 0 Å². The number of esters is 1. The smallest absolute Gasteiger partial charge is 0.411 e. The number of amides is 2. The first-order valence-corrected chi connectivity index (χ1v) is 16.6. The van der Waals surface area contributed by atoms with Crippen LogP contribution in [0, 0.1) is 12.8 Å². The van der Waals surface area contributed by atoms with Crippen molar-refractivity contribution in [2.45, 2.75) is 96.9 Å². The van der Waals surface area contributed by atoms with Gasteiger partial charge < -0.3 is 24.3 Å². The van der Waals surface area contributed by atoms with Crippen molar-refractivity contribution in [3.8, 4) is 22.2 Å². The number of rotatable bonds is 9. The van der Waals surface area contributed by atoms with Gasteiger partial charge in [0.05, 0.1) is 32.0 Å². The SMILES string of the molecule is CC[C@@H]1C[C@]1(NC(=O)[C@@H]1C[C@@H](Oc2cc(-c3nc(C(C)C)cs3)nc3c(C)c(OC)ccc23)CN1C(=O)OC(C)(C)C)C(=O)OC. The number of likely N-dealkylation sites (tertiary alicyclic amines) is 1. The maximum Gasteiger partial charge on any atom is 0.411 e. The van der Waals surface area contributed by atoms with Crippen LogP contribution in [0.1, 0.15) is 78.0 Å². The lowest BCUT2D eigenvalue weighted by molar-refractivity contribution is -0.147. The topological polar surface area (TPSA) is 129 Å². The van der Waals surface area contributed by atoms with Crippen LogP contribution in [0.5, 0.6) is 11.5 Å². The van der Waals surface area contributed by atoms with Crippen LogP contribution in [0.15, 0.2) is 23.6 Å². The number of hydrogen-bond donors (Lipinski definition) is 1. The van der Waals surface area contributed by atoms with Gasteiger partial charge in [0.2, 0.25) is 5.91 Å². The zero-order valence-corrected chi connectivity index (χ0v) is 28.9. The number of benzene rings is 1. The van der Waals surface area contributed by atoms with Gasteiger partial charge in [0.15, 0.2) is 0 Å². The first-order chi connectivity index (χ1) is 21.7. The second-order valence-electron chi connectivity index (χ2n) is 13.4. The molecule has 0 unspecified atom stereocenters. The maximum atomic E-state index is 13.8. The highest BCUT2D eigenvalue weighted by Crippen LogP contribution is 2.47. The summed E-state index contributed by atoms with van der Waals surface area (Å²) < 4.78 is 23.0. The second-order valence-corrected chi connectivity index (χ2v) is 14.3. The number of methoxy groups -OCH3 is 2. The number of pyridine rings is 1. The van der Waals surface area contributed by atoms with Gasteiger partial charge in [-0.2, -0.15) is 0 Å². The van der Waals surface area contributed by atoms with Gasteiger partial charge in [0.25, 0.3) is 0 Å². The number of fused-ring (bicyclic) bond motifs is 1. The number of nitrogens with zero attached hydrogens (tertiary/aromatic N) is 3. The predicted molar refractivity (Wildman–Crippen MR) is 175 cm³/mol. The Morgan fingerprint density at radius 2 is 1.89 bits per heavy atom. The van der Waals surface area contributed by atoms with Crippen LogP contribution in [0.4, 0.5) is 4.79 Å². The first kappa shape index (κ1) is 33.4. The van der Waals surface area contributed by atoms with E-state index in [2.05, 4.69) is 19.2 Å². The van der Waals surface area contributed by atoms with E-state index in [-0.39, 0.29) is 24.8 Å². The van der Waals surface area contributed by atoms with Crippen LogP contribution >= 0.6 is 11.3 Å². The quantitative estimate of drug-likeness (QED) is 0.276. The number of thiazole rings is 1. The molecule has 248 valence electrons. The first-order valence-electron chi connectivity index (χ1n) is 15.7. The molecule has 1 saturated carbocycles. The van der Waals surface area contributed by atoms with Crippen molar-refractivity contribution in [1.29, 1.82) is 0 Å². The third kappa shape index (κ3) is 6.49. The van der Waals surface area contributed by atoms with Gasteiger partial charge in [-0.15, -0.1) is 11.3 Å². The molecule has 1 N–H and O–H groups in total. The Hall–Kier alpha value is -3.93. The van der Waals surface area contributed by atoms with Crippen LogP contribution in [0.25, 0.3) is 21.6 Å². The predicted octanol–water partition coefficient (Wildman–Crippen LogP) is 6.01. The fourth-order valence-corrected chi connectivity index (χ4v) is 7.01. The third-order valence-electron chi connectivity index (χ3n) is 8.68. The van der Waals surface area contributed by atoms with E-state index in [0.29, 0.717) is 35.6 Å². The van der Waals surface area contributed by atoms with Crippen molar-refractivity contribution in [1.82, 2.24) is 20.2 Å². The fourth-order valence-electron chi connectivity index (χ4n) is 6.07. The molecular formula is C34H44N4O7S. The van der Waals surface area contributed by atoms with Gasteiger partial charge >= 0.3 is 12.1 Å². The van der Waals surface area contributed by atoms with E-state index in [9.17, 15) is 14.4 Å². The lowest BCUT2D eigenvalue weighted by Crippen LogP contribution is -2.53. The molecule has 3 aromatic rings. The molecule has 12 heteroatoms. The summed E-state index contributed by atoms with van der Waals surface area (Å²) in [5, 5.41) is 6.51. The van der Waals surface area contributed by atoms with Crippen molar-refractivity contribution in [2.24, 2.45) is 5.92 Å². The second kappa shape index (κ2) is 12.7. The molecule has 2 amide bonds. The number of aryl methyl sites for hydroxylation is 1. The molecule has 2 aromatic heterocycles. The van der Waals surface area contributed by atoms with E-state index in [1.165, 1.54) is 23.3 Å². The Morgan fingerprint density at radius 1 is 1.15 bits per heavy atom. The highest BCUT2D eigenvalue weighted by molar-refractivity contribution is 7.13. The normalized spacial score (nSPS) is 22.6. The van der Waals surface area contributed by atoms with Gasteiger partial charge in [-0.05, 0) is 58.1 Å². The molecule has 1 aromatic carbocycles. The van der Waals surface area contributed by atoms with E-state index < -0.39 is 41.3 Å². The minimum Gasteiger partial charge on any atom is -0.496 e. The van der Waals surface area contributed by atoms with Crippen LogP contribution in [0.3, 0.4) is 0 Å². The Balaban J connectivity index is 1.50. The van der Waals surface area contributed by atoms with E-state index in [1.807, 2.05) is 37.4 Å². The molecule has 2 fully saturated rings. The van der Waals surface area contributed by atoms with Gasteiger partial charge in [0.1, 0.15) is 45.5 Å². The van der Waals surface area contributed by atoms with Crippen molar-refractivity contribution < 1.29 is 33.3 Å². The van der Waals surface area contributed by atoms with Crippen LogP contribution < -0.4 is 14.8 Å². The molecule has 1 saturated heterocycles. The summed E-state index contributed by atoms with van der Waals surface area (Å²) in [5.41, 5.74) is 1.34. The van der Waals surface area contributed by atoms with Crippen molar-refractivity contribution >= 4 is 40.2 Å². The Labute approximate surface area is 274 Å². The fraction of sp³-hybridized carbons (Fsp3) is 0.559. The van der Waals surface area contributed by atoms with Gasteiger partial charge in [-0.1, -0.05) is 27.2 Å². The summed E-state index contributed by atoms with van der Waals surface area (Å²) in [6, 6.07) is 4.72. The molecule has 4 atom stereocenters. The largest absolute Gasteiger partial charge is 0.496 e. The Kier molecular flexibility index (Phi) is 9.23. The number of aromatic nitrogens is 2. The van der Waals surface area contributed by atoms with E-state index in [4.69, 9.17) is 28.9 Å². The van der Waals surface area contributed by atoms with E-state index in [1.54, 1.807) is 27.9 Å². The molecule has 0 radical (unpaired) electrons. The average molecular weight is 653 g/mol. The zero-order valence-electron chi connectivity index (χ0n) is 28.1. The highest BCUT2D eigenvalue weighted by atomic mass is 32.1. The number of ether oxygens (including phenoxy) is 4. The molecule has 3 heterocycles. The molecule has 11 nitrogen and oxygen atoms in total. The molecule has 5 rings (SSSR count). The molecule has 0 bridgehead atoms. The summed E-state index contributed by atoms with van der Waals surface area (Å²) >= 11 is 1.52. The van der Waals surface area contributed by atoms with Crippen LogP contribution in [-0.4, -0.2) is 76.9 Å². The molecular weight excluding hydrogens is 608 g/mol. The van der Waals surface area contributed by atoms with Gasteiger partial charge in [-0.25, -0.2) is 19.6 Å². The van der Waals surface area contributed by atoms with Gasteiger partial charge in [0, 0.05) is 28.8 Å². The monoisotopic (exact) mass is 652 g/mol. The summed E-state index contributed by atoms with van der Waals surface area (Å²) in [6.07, 6.45) is 0.217. The number of nitrogens with one attached hydrogen (secondary N) is 1. The molecule has 1 aliphatic carbocycles. The maximum absolute atomic E-state index is 13.8. The van der Waals surface area contributed by atoms with E-state index >= 15 is 0 Å². The Bertz CT molecular complexity index is 1650. The highest BCUT2D eigenvalue weighted by Gasteiger charge is 2.62. The third-order valence-corrected chi connectivity index (χ3v) is 9.56. The minimum atomic E-state index is -1.09. The number of hydrogen-bond acceptors (Lipinski definition) is 10. The summed E-state index contributed by atoms with van der Waals surface area (Å²) in [6.45, 7) is 13.5. The number of carbonyl (C=O) groups is 3. The summed E-state index contributed by atoms with van der Waals surface area (Å²) in [4.78, 5) is 51.2. The standard InChI is InChI=1S/C34H44N4O7S/c1-10-20-15-34(20,31(40)43-9)37-29(39)25-13-21(16-38(25)32(41)45-33(5,6)7)44-27-14-23(30-36-24(17-46-30)18(2)3)35-28-19(4)26(42-8)12-11-22(27)28/h11-12,14,17-18,20-21,25H,10,13,15-16H2,1-9H3,(H,37,39)/t20-,21-,25+,34-/m1/s1. The zero-order chi connectivity index (χ0) is 33.6. The minimum absolute atomic E-state index is 0.0313. The van der Waals surface area contributed by atoms with Crippen molar-refractivity contribution in [3.05, 3.63) is 34.8 Å². The molecule has 0 spiro atoms. The van der Waals surface area contributed by atoms with Crippen LogP contribution in [-0.2, 0) is 19.1 Å². The van der Waals surface area contributed by atoms with E-state index in [0.717, 1.165) is 21.7 Å². The molecule has 46 heavy (non-hydrogen) atoms. The summed E-state index contributed by atoms with van der Waals surface area (Å²) in [7, 11) is 2.93.